The number of carbonyl (C=O) groups is 1. The highest BCUT2D eigenvalue weighted by molar-refractivity contribution is 7.89. The van der Waals surface area contributed by atoms with E-state index in [4.69, 9.17) is 9.88 Å². The summed E-state index contributed by atoms with van der Waals surface area (Å²) in [5, 5.41) is 7.76. The van der Waals surface area contributed by atoms with Crippen LogP contribution < -0.4 is 10.5 Å². The molecule has 0 radical (unpaired) electrons. The average Bonchev–Trinajstić information content (AvgIpc) is 2.43. The third kappa shape index (κ3) is 5.33. The minimum absolute atomic E-state index is 0.0419. The van der Waals surface area contributed by atoms with Crippen molar-refractivity contribution < 1.29 is 17.9 Å². The van der Waals surface area contributed by atoms with Crippen molar-refractivity contribution >= 4 is 16.1 Å². The van der Waals surface area contributed by atoms with Crippen LogP contribution in [-0.4, -0.2) is 46.2 Å². The number of carbonyl (C=O) groups excluding carboxylic acids is 1. The number of methoxy groups -OCH3 is 1. The SMILES string of the molecule is COC[C@H](C)N(C)C(=O)NCc1ccc(S(N)(=O)=O)cc1. The van der Waals surface area contributed by atoms with Crippen LogP contribution >= 0.6 is 0 Å². The molecular formula is C13H21N3O4S. The summed E-state index contributed by atoms with van der Waals surface area (Å²) in [7, 11) is -0.429. The number of rotatable bonds is 6. The van der Waals surface area contributed by atoms with Gasteiger partial charge in [-0.25, -0.2) is 18.4 Å². The number of likely N-dealkylation sites (N-methyl/N-ethyl adjacent to an activating group) is 1. The summed E-state index contributed by atoms with van der Waals surface area (Å²) >= 11 is 0. The minimum atomic E-state index is -3.69. The Morgan fingerprint density at radius 2 is 1.95 bits per heavy atom. The van der Waals surface area contributed by atoms with E-state index in [0.29, 0.717) is 13.2 Å². The quantitative estimate of drug-likeness (QED) is 0.798. The summed E-state index contributed by atoms with van der Waals surface area (Å²) in [6.07, 6.45) is 0. The van der Waals surface area contributed by atoms with Crippen molar-refractivity contribution in [3.8, 4) is 0 Å². The highest BCUT2D eigenvalue weighted by Gasteiger charge is 2.15. The van der Waals surface area contributed by atoms with Crippen LogP contribution in [0.3, 0.4) is 0 Å². The van der Waals surface area contributed by atoms with Gasteiger partial charge in [0.25, 0.3) is 0 Å². The molecule has 0 aromatic heterocycles. The Kier molecular flexibility index (Phi) is 6.13. The van der Waals surface area contributed by atoms with Crippen molar-refractivity contribution in [2.24, 2.45) is 5.14 Å². The zero-order chi connectivity index (χ0) is 16.0. The second kappa shape index (κ2) is 7.39. The van der Waals surface area contributed by atoms with E-state index < -0.39 is 10.0 Å². The number of nitrogens with two attached hydrogens (primary N) is 1. The first-order valence-corrected chi connectivity index (χ1v) is 7.91. The van der Waals surface area contributed by atoms with Crippen LogP contribution in [0, 0.1) is 0 Å². The number of benzene rings is 1. The number of hydrogen-bond acceptors (Lipinski definition) is 4. The van der Waals surface area contributed by atoms with Gasteiger partial charge in [-0.3, -0.25) is 0 Å². The largest absolute Gasteiger partial charge is 0.383 e. The lowest BCUT2D eigenvalue weighted by Gasteiger charge is -2.24. The molecule has 8 heteroatoms. The number of nitrogens with one attached hydrogen (secondary N) is 1. The van der Waals surface area contributed by atoms with E-state index in [0.717, 1.165) is 5.56 Å². The minimum Gasteiger partial charge on any atom is -0.383 e. The second-order valence-corrected chi connectivity index (χ2v) is 6.32. The smallest absolute Gasteiger partial charge is 0.317 e. The third-order valence-corrected chi connectivity index (χ3v) is 4.01. The molecule has 2 amide bonds. The van der Waals surface area contributed by atoms with Crippen molar-refractivity contribution in [1.29, 1.82) is 0 Å². The second-order valence-electron chi connectivity index (χ2n) is 4.76. The molecular weight excluding hydrogens is 294 g/mol. The molecule has 1 atom stereocenters. The Balaban J connectivity index is 2.57. The summed E-state index contributed by atoms with van der Waals surface area (Å²) in [6, 6.07) is 5.77. The van der Waals surface area contributed by atoms with E-state index in [1.165, 1.54) is 12.1 Å². The molecule has 0 saturated carbocycles. The number of hydrogen-bond donors (Lipinski definition) is 2. The predicted octanol–water partition coefficient (Wildman–Crippen LogP) is 0.510. The number of ether oxygens (including phenoxy) is 1. The van der Waals surface area contributed by atoms with Gasteiger partial charge in [-0.15, -0.1) is 0 Å². The molecule has 1 rings (SSSR count). The standard InChI is InChI=1S/C13H21N3O4S/c1-10(9-20-3)16(2)13(17)15-8-11-4-6-12(7-5-11)21(14,18)19/h4-7,10H,8-9H2,1-3H3,(H,15,17)(H2,14,18,19)/t10-/m0/s1. The van der Waals surface area contributed by atoms with Crippen molar-refractivity contribution in [3.05, 3.63) is 29.8 Å². The number of sulfonamides is 1. The lowest BCUT2D eigenvalue weighted by atomic mass is 10.2. The Hall–Kier alpha value is -1.64. The molecule has 0 bridgehead atoms. The molecule has 3 N–H and O–H groups in total. The van der Waals surface area contributed by atoms with E-state index in [1.54, 1.807) is 31.2 Å². The Labute approximate surface area is 125 Å². The monoisotopic (exact) mass is 315 g/mol. The topological polar surface area (TPSA) is 102 Å². The highest BCUT2D eigenvalue weighted by atomic mass is 32.2. The van der Waals surface area contributed by atoms with Gasteiger partial charge >= 0.3 is 6.03 Å². The zero-order valence-electron chi connectivity index (χ0n) is 12.4. The number of urea groups is 1. The lowest BCUT2D eigenvalue weighted by molar-refractivity contribution is 0.123. The molecule has 0 spiro atoms. The van der Waals surface area contributed by atoms with Gasteiger partial charge in [-0.05, 0) is 24.6 Å². The number of nitrogens with zero attached hydrogens (tertiary/aromatic N) is 1. The predicted molar refractivity (Wildman–Crippen MR) is 79.2 cm³/mol. The maximum Gasteiger partial charge on any atom is 0.317 e. The molecule has 7 nitrogen and oxygen atoms in total. The Morgan fingerprint density at radius 1 is 1.38 bits per heavy atom. The molecule has 0 heterocycles. The normalized spacial score (nSPS) is 12.8. The first-order valence-electron chi connectivity index (χ1n) is 6.37. The Bertz CT molecular complexity index is 572. The molecule has 0 aliphatic rings. The van der Waals surface area contributed by atoms with Crippen molar-refractivity contribution in [3.63, 3.8) is 0 Å². The van der Waals surface area contributed by atoms with E-state index in [2.05, 4.69) is 5.32 Å². The van der Waals surface area contributed by atoms with Crippen LogP contribution in [-0.2, 0) is 21.3 Å². The molecule has 21 heavy (non-hydrogen) atoms. The fourth-order valence-electron chi connectivity index (χ4n) is 1.65. The van der Waals surface area contributed by atoms with Gasteiger partial charge in [0.15, 0.2) is 0 Å². The maximum absolute atomic E-state index is 11.9. The van der Waals surface area contributed by atoms with Gasteiger partial charge in [-0.2, -0.15) is 0 Å². The van der Waals surface area contributed by atoms with Crippen molar-refractivity contribution in [2.75, 3.05) is 20.8 Å². The van der Waals surface area contributed by atoms with Crippen LogP contribution in [0.4, 0.5) is 4.79 Å². The third-order valence-electron chi connectivity index (χ3n) is 3.08. The first-order chi connectivity index (χ1) is 9.75. The molecule has 1 aromatic carbocycles. The Morgan fingerprint density at radius 3 is 2.43 bits per heavy atom. The van der Waals surface area contributed by atoms with Crippen LogP contribution in [0.2, 0.25) is 0 Å². The summed E-state index contributed by atoms with van der Waals surface area (Å²) in [4.78, 5) is 13.5. The zero-order valence-corrected chi connectivity index (χ0v) is 13.2. The molecule has 0 saturated heterocycles. The van der Waals surface area contributed by atoms with E-state index in [-0.39, 0.29) is 17.0 Å². The van der Waals surface area contributed by atoms with E-state index >= 15 is 0 Å². The van der Waals surface area contributed by atoms with Crippen molar-refractivity contribution in [2.45, 2.75) is 24.4 Å². The van der Waals surface area contributed by atoms with Crippen LogP contribution in [0.15, 0.2) is 29.2 Å². The van der Waals surface area contributed by atoms with Gasteiger partial charge in [0.05, 0.1) is 17.5 Å². The summed E-state index contributed by atoms with van der Waals surface area (Å²) < 4.78 is 27.2. The van der Waals surface area contributed by atoms with Crippen LogP contribution in [0.25, 0.3) is 0 Å². The molecule has 0 aliphatic heterocycles. The fourth-order valence-corrected chi connectivity index (χ4v) is 2.17. The molecule has 0 fully saturated rings. The lowest BCUT2D eigenvalue weighted by Crippen LogP contribution is -2.43. The van der Waals surface area contributed by atoms with Gasteiger partial charge in [0.2, 0.25) is 10.0 Å². The maximum atomic E-state index is 11.9. The molecule has 0 aliphatic carbocycles. The summed E-state index contributed by atoms with van der Waals surface area (Å²) in [5.41, 5.74) is 0.781. The number of primary sulfonamides is 1. The van der Waals surface area contributed by atoms with Gasteiger partial charge in [0.1, 0.15) is 0 Å². The first kappa shape index (κ1) is 17.4. The van der Waals surface area contributed by atoms with Crippen LogP contribution in [0.1, 0.15) is 12.5 Å². The molecule has 1 aromatic rings. The summed E-state index contributed by atoms with van der Waals surface area (Å²) in [5.74, 6) is 0. The molecule has 118 valence electrons. The van der Waals surface area contributed by atoms with E-state index in [1.807, 2.05) is 6.92 Å². The average molecular weight is 315 g/mol. The number of amides is 2. The van der Waals surface area contributed by atoms with Crippen molar-refractivity contribution in [1.82, 2.24) is 10.2 Å². The molecule has 0 unspecified atom stereocenters. The highest BCUT2D eigenvalue weighted by Crippen LogP contribution is 2.08. The van der Waals surface area contributed by atoms with Gasteiger partial charge in [-0.1, -0.05) is 12.1 Å². The van der Waals surface area contributed by atoms with E-state index in [9.17, 15) is 13.2 Å². The van der Waals surface area contributed by atoms with Gasteiger partial charge < -0.3 is 15.0 Å². The van der Waals surface area contributed by atoms with Crippen LogP contribution in [0.5, 0.6) is 0 Å². The fraction of sp³-hybridized carbons (Fsp3) is 0.462. The summed E-state index contributed by atoms with van der Waals surface area (Å²) in [6.45, 7) is 2.63. The van der Waals surface area contributed by atoms with Gasteiger partial charge in [0, 0.05) is 20.7 Å².